The van der Waals surface area contributed by atoms with Crippen LogP contribution in [-0.4, -0.2) is 36.1 Å². The second-order valence-electron chi connectivity index (χ2n) is 7.37. The van der Waals surface area contributed by atoms with Gasteiger partial charge in [0.15, 0.2) is 5.82 Å². The number of aromatic amines is 1. The van der Waals surface area contributed by atoms with Crippen LogP contribution in [0.15, 0.2) is 77.7 Å². The summed E-state index contributed by atoms with van der Waals surface area (Å²) in [5.74, 6) is 1.51. The van der Waals surface area contributed by atoms with Crippen molar-refractivity contribution >= 4 is 27.3 Å². The SMILES string of the molecule is CCOc1ccc(NS(=O)(=O)c2ccc(C(=O)Nc3cccc(-c4n[nH]c(C)n4)c3)cc2)cc1. The van der Waals surface area contributed by atoms with Gasteiger partial charge in [-0.15, -0.1) is 0 Å². The van der Waals surface area contributed by atoms with Crippen LogP contribution >= 0.6 is 0 Å². The normalized spacial score (nSPS) is 11.1. The summed E-state index contributed by atoms with van der Waals surface area (Å²) in [7, 11) is -3.81. The van der Waals surface area contributed by atoms with E-state index in [0.29, 0.717) is 40.9 Å². The third kappa shape index (κ3) is 5.41. The molecule has 0 atom stereocenters. The van der Waals surface area contributed by atoms with E-state index in [1.165, 1.54) is 24.3 Å². The average Bonchev–Trinajstić information content (AvgIpc) is 3.27. The lowest BCUT2D eigenvalue weighted by Gasteiger charge is -2.10. The molecule has 0 bridgehead atoms. The highest BCUT2D eigenvalue weighted by Gasteiger charge is 2.16. The van der Waals surface area contributed by atoms with Gasteiger partial charge in [-0.3, -0.25) is 14.6 Å². The molecule has 1 aromatic heterocycles. The quantitative estimate of drug-likeness (QED) is 0.349. The second kappa shape index (κ2) is 9.75. The first-order valence-corrected chi connectivity index (χ1v) is 12.0. The number of hydrogen-bond donors (Lipinski definition) is 3. The van der Waals surface area contributed by atoms with E-state index in [4.69, 9.17) is 4.74 Å². The minimum atomic E-state index is -3.81. The van der Waals surface area contributed by atoms with Crippen molar-refractivity contribution in [1.82, 2.24) is 15.2 Å². The molecule has 0 fully saturated rings. The summed E-state index contributed by atoms with van der Waals surface area (Å²) < 4.78 is 33.3. The number of anilines is 2. The number of benzene rings is 3. The molecule has 1 amide bonds. The molecule has 0 saturated heterocycles. The smallest absolute Gasteiger partial charge is 0.261 e. The van der Waals surface area contributed by atoms with Gasteiger partial charge in [0.1, 0.15) is 11.6 Å². The van der Waals surface area contributed by atoms with Gasteiger partial charge in [0.25, 0.3) is 15.9 Å². The first-order valence-electron chi connectivity index (χ1n) is 10.5. The molecule has 0 aliphatic carbocycles. The van der Waals surface area contributed by atoms with Crippen LogP contribution in [0.4, 0.5) is 11.4 Å². The third-order valence-corrected chi connectivity index (χ3v) is 6.22. The minimum Gasteiger partial charge on any atom is -0.494 e. The number of hydrogen-bond acceptors (Lipinski definition) is 6. The van der Waals surface area contributed by atoms with Gasteiger partial charge in [-0.05, 0) is 74.5 Å². The highest BCUT2D eigenvalue weighted by molar-refractivity contribution is 7.92. The molecule has 174 valence electrons. The zero-order valence-electron chi connectivity index (χ0n) is 18.6. The number of carbonyl (C=O) groups excluding carboxylic acids is 1. The maximum atomic E-state index is 12.7. The Morgan fingerprint density at radius 2 is 1.74 bits per heavy atom. The van der Waals surface area contributed by atoms with Crippen molar-refractivity contribution in [3.05, 3.63) is 84.2 Å². The lowest BCUT2D eigenvalue weighted by atomic mass is 10.1. The van der Waals surface area contributed by atoms with Crippen LogP contribution in [0, 0.1) is 6.92 Å². The van der Waals surface area contributed by atoms with E-state index in [9.17, 15) is 13.2 Å². The van der Waals surface area contributed by atoms with Crippen LogP contribution in [0.2, 0.25) is 0 Å². The van der Waals surface area contributed by atoms with Crippen molar-refractivity contribution in [3.63, 3.8) is 0 Å². The zero-order chi connectivity index (χ0) is 24.1. The lowest BCUT2D eigenvalue weighted by Crippen LogP contribution is -2.15. The zero-order valence-corrected chi connectivity index (χ0v) is 19.4. The molecule has 3 aromatic carbocycles. The van der Waals surface area contributed by atoms with Crippen LogP contribution < -0.4 is 14.8 Å². The molecule has 0 unspecified atom stereocenters. The van der Waals surface area contributed by atoms with Crippen LogP contribution in [0.1, 0.15) is 23.1 Å². The number of aryl methyl sites for hydroxylation is 1. The van der Waals surface area contributed by atoms with Crippen molar-refractivity contribution in [2.75, 3.05) is 16.6 Å². The molecular weight excluding hydrogens is 454 g/mol. The number of rotatable bonds is 8. The Morgan fingerprint density at radius 1 is 1.00 bits per heavy atom. The van der Waals surface area contributed by atoms with Gasteiger partial charge in [-0.2, -0.15) is 5.10 Å². The number of amides is 1. The molecule has 1 heterocycles. The predicted molar refractivity (Wildman–Crippen MR) is 129 cm³/mol. The second-order valence-corrected chi connectivity index (χ2v) is 9.05. The summed E-state index contributed by atoms with van der Waals surface area (Å²) in [6.45, 7) is 4.20. The van der Waals surface area contributed by atoms with Gasteiger partial charge < -0.3 is 10.1 Å². The van der Waals surface area contributed by atoms with Crippen molar-refractivity contribution in [1.29, 1.82) is 0 Å². The topological polar surface area (TPSA) is 126 Å². The molecule has 4 rings (SSSR count). The minimum absolute atomic E-state index is 0.0416. The molecule has 10 heteroatoms. The Hall–Kier alpha value is -4.18. The third-order valence-electron chi connectivity index (χ3n) is 4.82. The number of nitrogens with one attached hydrogen (secondary N) is 3. The molecule has 0 saturated carbocycles. The van der Waals surface area contributed by atoms with Gasteiger partial charge in [0, 0.05) is 22.5 Å². The van der Waals surface area contributed by atoms with E-state index >= 15 is 0 Å². The number of aromatic nitrogens is 3. The van der Waals surface area contributed by atoms with E-state index in [2.05, 4.69) is 25.2 Å². The fourth-order valence-corrected chi connectivity index (χ4v) is 4.26. The average molecular weight is 478 g/mol. The summed E-state index contributed by atoms with van der Waals surface area (Å²) in [6, 6.07) is 19.5. The molecule has 34 heavy (non-hydrogen) atoms. The van der Waals surface area contributed by atoms with E-state index in [0.717, 1.165) is 5.56 Å². The first-order chi connectivity index (χ1) is 16.3. The predicted octanol–water partition coefficient (Wildman–Crippen LogP) is 4.23. The highest BCUT2D eigenvalue weighted by Crippen LogP contribution is 2.22. The number of sulfonamides is 1. The Kier molecular flexibility index (Phi) is 6.60. The van der Waals surface area contributed by atoms with Gasteiger partial charge in [-0.1, -0.05) is 12.1 Å². The van der Waals surface area contributed by atoms with Crippen LogP contribution in [0.25, 0.3) is 11.4 Å². The van der Waals surface area contributed by atoms with E-state index < -0.39 is 10.0 Å². The Balaban J connectivity index is 1.44. The fraction of sp³-hybridized carbons (Fsp3) is 0.125. The molecule has 9 nitrogen and oxygen atoms in total. The number of nitrogens with zero attached hydrogens (tertiary/aromatic N) is 2. The van der Waals surface area contributed by atoms with E-state index in [-0.39, 0.29) is 10.8 Å². The van der Waals surface area contributed by atoms with Gasteiger partial charge >= 0.3 is 0 Å². The molecular formula is C24H23N5O4S. The van der Waals surface area contributed by atoms with Crippen molar-refractivity contribution < 1.29 is 17.9 Å². The maximum absolute atomic E-state index is 12.7. The fourth-order valence-electron chi connectivity index (χ4n) is 3.20. The van der Waals surface area contributed by atoms with Gasteiger partial charge in [-0.25, -0.2) is 13.4 Å². The number of carbonyl (C=O) groups is 1. The number of H-pyrrole nitrogens is 1. The van der Waals surface area contributed by atoms with Crippen LogP contribution in [0.5, 0.6) is 5.75 Å². The molecule has 0 radical (unpaired) electrons. The molecule has 3 N–H and O–H groups in total. The molecule has 0 spiro atoms. The van der Waals surface area contributed by atoms with Crippen LogP contribution in [0.3, 0.4) is 0 Å². The van der Waals surface area contributed by atoms with Crippen molar-refractivity contribution in [2.45, 2.75) is 18.7 Å². The van der Waals surface area contributed by atoms with E-state index in [1.807, 2.05) is 13.0 Å². The summed E-state index contributed by atoms with van der Waals surface area (Å²) in [4.78, 5) is 17.0. The summed E-state index contributed by atoms with van der Waals surface area (Å²) in [5, 5.41) is 9.71. The Labute approximate surface area is 197 Å². The number of ether oxygens (including phenoxy) is 1. The molecule has 0 aliphatic heterocycles. The maximum Gasteiger partial charge on any atom is 0.261 e. The first kappa shape index (κ1) is 23.0. The van der Waals surface area contributed by atoms with Crippen LogP contribution in [-0.2, 0) is 10.0 Å². The largest absolute Gasteiger partial charge is 0.494 e. The summed E-state index contributed by atoms with van der Waals surface area (Å²) >= 11 is 0. The summed E-state index contributed by atoms with van der Waals surface area (Å²) in [5.41, 5.74) is 2.05. The monoisotopic (exact) mass is 477 g/mol. The molecule has 0 aliphatic rings. The van der Waals surface area contributed by atoms with Gasteiger partial charge in [0.2, 0.25) is 0 Å². The Bertz CT molecular complexity index is 1400. The van der Waals surface area contributed by atoms with Crippen molar-refractivity contribution in [2.24, 2.45) is 0 Å². The van der Waals surface area contributed by atoms with Crippen molar-refractivity contribution in [3.8, 4) is 17.1 Å². The van der Waals surface area contributed by atoms with E-state index in [1.54, 1.807) is 49.4 Å². The standard InChI is InChI=1S/C24H23N5O4S/c1-3-33-21-11-9-19(10-12-21)29-34(31,32)22-13-7-17(8-14-22)24(30)26-20-6-4-5-18(15-20)23-25-16(2)27-28-23/h4-15,29H,3H2,1-2H3,(H,26,30)(H,25,27,28). The Morgan fingerprint density at radius 3 is 2.38 bits per heavy atom. The highest BCUT2D eigenvalue weighted by atomic mass is 32.2. The molecule has 4 aromatic rings. The van der Waals surface area contributed by atoms with Gasteiger partial charge in [0.05, 0.1) is 11.5 Å². The lowest BCUT2D eigenvalue weighted by molar-refractivity contribution is 0.102. The summed E-state index contributed by atoms with van der Waals surface area (Å²) in [6.07, 6.45) is 0.